The second-order valence-electron chi connectivity index (χ2n) is 8.17. The van der Waals surface area contributed by atoms with E-state index in [1.807, 2.05) is 20.8 Å². The van der Waals surface area contributed by atoms with Crippen molar-refractivity contribution >= 4 is 10.9 Å². The van der Waals surface area contributed by atoms with Crippen LogP contribution in [0.3, 0.4) is 0 Å². The van der Waals surface area contributed by atoms with Crippen LogP contribution in [0.1, 0.15) is 38.9 Å². The van der Waals surface area contributed by atoms with Gasteiger partial charge in [-0.1, -0.05) is 26.8 Å². The lowest BCUT2D eigenvalue weighted by molar-refractivity contribution is -0.137. The van der Waals surface area contributed by atoms with Gasteiger partial charge in [0.15, 0.2) is 0 Å². The van der Waals surface area contributed by atoms with Gasteiger partial charge >= 0.3 is 0 Å². The molecule has 8 N–H and O–H groups in total. The minimum Gasteiger partial charge on any atom is -0.506 e. The van der Waals surface area contributed by atoms with Crippen LogP contribution in [0.25, 0.3) is 10.9 Å². The summed E-state index contributed by atoms with van der Waals surface area (Å²) in [7, 11) is 0. The number of fused-ring (bicyclic) bond motifs is 1. The van der Waals surface area contributed by atoms with Crippen molar-refractivity contribution in [1.29, 1.82) is 0 Å². The van der Waals surface area contributed by atoms with Crippen LogP contribution in [-0.4, -0.2) is 85.3 Å². The van der Waals surface area contributed by atoms with Crippen LogP contribution in [0.5, 0.6) is 5.75 Å². The average molecular weight is 455 g/mol. The first-order valence-electron chi connectivity index (χ1n) is 10.7. The van der Waals surface area contributed by atoms with Gasteiger partial charge in [-0.2, -0.15) is 0 Å². The maximum absolute atomic E-state index is 11.8. The van der Waals surface area contributed by atoms with E-state index >= 15 is 0 Å². The van der Waals surface area contributed by atoms with Gasteiger partial charge in [-0.3, -0.25) is 4.79 Å². The summed E-state index contributed by atoms with van der Waals surface area (Å²) in [5.74, 6) is -0.0957. The minimum atomic E-state index is -1.76. The number of aromatic amines is 1. The van der Waals surface area contributed by atoms with Crippen molar-refractivity contribution in [1.82, 2.24) is 10.3 Å². The number of hydrogen-bond donors (Lipinski definition) is 8. The highest BCUT2D eigenvalue weighted by molar-refractivity contribution is 5.87. The van der Waals surface area contributed by atoms with Gasteiger partial charge in [-0.25, -0.2) is 0 Å². The summed E-state index contributed by atoms with van der Waals surface area (Å²) >= 11 is 0. The lowest BCUT2D eigenvalue weighted by Gasteiger charge is -2.32. The molecule has 0 radical (unpaired) electrons. The first-order valence-corrected chi connectivity index (χ1v) is 10.7. The molecule has 32 heavy (non-hydrogen) atoms. The van der Waals surface area contributed by atoms with Crippen molar-refractivity contribution < 1.29 is 35.4 Å². The molecule has 0 saturated carbocycles. The number of pyridine rings is 1. The van der Waals surface area contributed by atoms with Crippen molar-refractivity contribution in [3.63, 3.8) is 0 Å². The maximum atomic E-state index is 11.8. The van der Waals surface area contributed by atoms with E-state index in [0.717, 1.165) is 0 Å². The van der Waals surface area contributed by atoms with Crippen molar-refractivity contribution in [2.24, 2.45) is 0 Å². The second-order valence-corrected chi connectivity index (χ2v) is 8.17. The zero-order valence-electron chi connectivity index (χ0n) is 18.5. The monoisotopic (exact) mass is 454 g/mol. The molecule has 0 aliphatic heterocycles. The summed E-state index contributed by atoms with van der Waals surface area (Å²) in [5.41, 5.74) is 0.529. The molecule has 180 valence electrons. The Balaban J connectivity index is 2.39. The third-order valence-corrected chi connectivity index (χ3v) is 5.34. The highest BCUT2D eigenvalue weighted by Gasteiger charge is 2.32. The Labute approximate surface area is 186 Å². The predicted molar refractivity (Wildman–Crippen MR) is 118 cm³/mol. The van der Waals surface area contributed by atoms with Gasteiger partial charge in [-0.05, 0) is 24.1 Å². The van der Waals surface area contributed by atoms with Crippen LogP contribution in [0.4, 0.5) is 0 Å². The number of rotatable bonds is 12. The van der Waals surface area contributed by atoms with Crippen molar-refractivity contribution in [3.05, 3.63) is 40.2 Å². The lowest BCUT2D eigenvalue weighted by atomic mass is 9.95. The Morgan fingerprint density at radius 1 is 1.03 bits per heavy atom. The molecule has 6 atom stereocenters. The summed E-state index contributed by atoms with van der Waals surface area (Å²) in [5, 5.41) is 62.9. The van der Waals surface area contributed by atoms with E-state index in [2.05, 4.69) is 10.3 Å². The molecule has 1 heterocycles. The Kier molecular flexibility index (Phi) is 9.59. The number of hydrogen-bond acceptors (Lipinski definition) is 9. The molecule has 0 bridgehead atoms. The fraction of sp³-hybridized carbons (Fsp3) is 0.591. The molecule has 0 spiro atoms. The van der Waals surface area contributed by atoms with Crippen LogP contribution < -0.4 is 10.9 Å². The van der Waals surface area contributed by atoms with E-state index in [9.17, 15) is 30.3 Å². The van der Waals surface area contributed by atoms with Gasteiger partial charge in [0.25, 0.3) is 0 Å². The van der Waals surface area contributed by atoms with Gasteiger partial charge in [0, 0.05) is 23.5 Å². The quantitative estimate of drug-likeness (QED) is 0.210. The van der Waals surface area contributed by atoms with Gasteiger partial charge in [0.1, 0.15) is 30.2 Å². The van der Waals surface area contributed by atoms with E-state index in [-0.39, 0.29) is 35.5 Å². The molecule has 10 nitrogen and oxygen atoms in total. The first-order chi connectivity index (χ1) is 15.1. The number of H-pyrrole nitrogens is 1. The highest BCUT2D eigenvalue weighted by Crippen LogP contribution is 2.33. The maximum Gasteiger partial charge on any atom is 0.248 e. The van der Waals surface area contributed by atoms with Gasteiger partial charge in [0.05, 0.1) is 24.8 Å². The van der Waals surface area contributed by atoms with Crippen molar-refractivity contribution in [2.45, 2.75) is 69.8 Å². The molecule has 1 aromatic carbocycles. The predicted octanol–water partition coefficient (Wildman–Crippen LogP) is -0.496. The molecule has 0 aliphatic carbocycles. The van der Waals surface area contributed by atoms with E-state index in [1.165, 1.54) is 12.1 Å². The summed E-state index contributed by atoms with van der Waals surface area (Å²) < 4.78 is 6.01. The summed E-state index contributed by atoms with van der Waals surface area (Å²) in [6.07, 6.45) is -6.68. The molecule has 0 saturated heterocycles. The third-order valence-electron chi connectivity index (χ3n) is 5.34. The molecule has 2 aromatic rings. The third kappa shape index (κ3) is 6.26. The van der Waals surface area contributed by atoms with Crippen molar-refractivity contribution in [2.75, 3.05) is 13.2 Å². The van der Waals surface area contributed by atoms with Crippen LogP contribution in [-0.2, 0) is 4.74 Å². The highest BCUT2D eigenvalue weighted by atomic mass is 16.5. The Morgan fingerprint density at radius 3 is 2.28 bits per heavy atom. The Morgan fingerprint density at radius 2 is 1.69 bits per heavy atom. The minimum absolute atomic E-state index is 0.0957. The molecular weight excluding hydrogens is 420 g/mol. The zero-order valence-corrected chi connectivity index (χ0v) is 18.5. The number of phenols is 1. The Hall–Kier alpha value is -2.05. The number of benzene rings is 1. The van der Waals surface area contributed by atoms with Gasteiger partial charge < -0.3 is 45.7 Å². The number of aliphatic hydroxyl groups is 5. The van der Waals surface area contributed by atoms with E-state index in [4.69, 9.17) is 9.84 Å². The number of aromatic nitrogens is 1. The number of ether oxygens (including phenoxy) is 1. The van der Waals surface area contributed by atoms with E-state index in [0.29, 0.717) is 17.4 Å². The zero-order chi connectivity index (χ0) is 24.0. The van der Waals surface area contributed by atoms with Gasteiger partial charge in [-0.15, -0.1) is 0 Å². The van der Waals surface area contributed by atoms with E-state index < -0.39 is 37.1 Å². The molecule has 0 amide bonds. The fourth-order valence-electron chi connectivity index (χ4n) is 3.64. The fourth-order valence-corrected chi connectivity index (χ4v) is 3.64. The standard InChI is InChI=1S/C22H34N2O8/c1-4-14(23-11(2)3)22(32-10-17(28)21(31)20(30)16(27)9-25)13-5-7-15(26)19-12(13)6-8-18(29)24-19/h5-8,11,14,16-17,20-23,25-28,30-31H,4,9-10H2,1-3H3,(H,24,29). The lowest BCUT2D eigenvalue weighted by Crippen LogP contribution is -2.48. The molecule has 6 unspecified atom stereocenters. The molecule has 10 heteroatoms. The van der Waals surface area contributed by atoms with Crippen LogP contribution in [0.2, 0.25) is 0 Å². The first kappa shape index (κ1) is 26.2. The number of phenolic OH excluding ortho intramolecular Hbond substituents is 1. The second kappa shape index (κ2) is 11.7. The largest absolute Gasteiger partial charge is 0.506 e. The van der Waals surface area contributed by atoms with Gasteiger partial charge in [0.2, 0.25) is 5.56 Å². The smallest absolute Gasteiger partial charge is 0.248 e. The molecule has 2 rings (SSSR count). The summed E-state index contributed by atoms with van der Waals surface area (Å²) in [6.45, 7) is 4.73. The molecule has 0 aliphatic rings. The molecular formula is C22H34N2O8. The molecule has 1 aromatic heterocycles. The summed E-state index contributed by atoms with van der Waals surface area (Å²) in [6, 6.07) is 5.90. The van der Waals surface area contributed by atoms with Crippen LogP contribution in [0.15, 0.2) is 29.1 Å². The topological polar surface area (TPSA) is 176 Å². The van der Waals surface area contributed by atoms with Crippen LogP contribution >= 0.6 is 0 Å². The number of nitrogens with one attached hydrogen (secondary N) is 2. The van der Waals surface area contributed by atoms with E-state index in [1.54, 1.807) is 12.1 Å². The number of aliphatic hydroxyl groups excluding tert-OH is 5. The van der Waals surface area contributed by atoms with Crippen LogP contribution in [0, 0.1) is 0 Å². The van der Waals surface area contributed by atoms with Crippen molar-refractivity contribution in [3.8, 4) is 5.75 Å². The average Bonchev–Trinajstić information content (AvgIpc) is 2.77. The Bertz CT molecular complexity index is 918. The molecule has 0 fully saturated rings. The summed E-state index contributed by atoms with van der Waals surface area (Å²) in [4.78, 5) is 14.4. The SMILES string of the molecule is CCC(NC(C)C)C(OCC(O)C(O)C(O)C(O)CO)c1ccc(O)c2[nH]c(=O)ccc12. The normalized spacial score (nSPS) is 17.8. The number of aromatic hydroxyl groups is 1.